The molecule has 0 unspecified atom stereocenters. The van der Waals surface area contributed by atoms with Crippen LogP contribution in [-0.4, -0.2) is 77.0 Å². The summed E-state index contributed by atoms with van der Waals surface area (Å²) in [4.78, 5) is 19.7. The van der Waals surface area contributed by atoms with Crippen molar-refractivity contribution in [1.82, 2.24) is 20.4 Å². The van der Waals surface area contributed by atoms with E-state index in [0.717, 1.165) is 11.1 Å². The Morgan fingerprint density at radius 2 is 1.80 bits per heavy atom. The topological polar surface area (TPSA) is 141 Å². The second-order valence-corrected chi connectivity index (χ2v) is 9.97. The van der Waals surface area contributed by atoms with Gasteiger partial charge in [0.15, 0.2) is 0 Å². The third-order valence-corrected chi connectivity index (χ3v) is 7.05. The Kier molecular flexibility index (Phi) is 7.18. The number of amidine groups is 1. The number of hydrogen-bond donors (Lipinski definition) is 4. The van der Waals surface area contributed by atoms with Crippen molar-refractivity contribution in [2.45, 2.75) is 31.0 Å². The van der Waals surface area contributed by atoms with Crippen molar-refractivity contribution in [3.05, 3.63) is 77.8 Å². The van der Waals surface area contributed by atoms with E-state index in [9.17, 15) is 13.6 Å². The van der Waals surface area contributed by atoms with Gasteiger partial charge in [-0.2, -0.15) is 0 Å². The Bertz CT molecular complexity index is 1490. The van der Waals surface area contributed by atoms with Crippen LogP contribution in [-0.2, 0) is 9.53 Å². The highest BCUT2D eigenvalue weighted by molar-refractivity contribution is 6.20. The molecule has 212 valence electrons. The molecule has 2 fully saturated rings. The van der Waals surface area contributed by atoms with Crippen molar-refractivity contribution in [2.75, 3.05) is 36.9 Å². The molecule has 1 amide bonds. The summed E-state index contributed by atoms with van der Waals surface area (Å²) in [5.41, 5.74) is 3.06. The molecule has 3 heterocycles. The number of benzene rings is 2. The van der Waals surface area contributed by atoms with Crippen molar-refractivity contribution in [3.63, 3.8) is 0 Å². The molecule has 13 heteroatoms. The lowest BCUT2D eigenvalue weighted by Gasteiger charge is -2.35. The van der Waals surface area contributed by atoms with Gasteiger partial charge in [0.05, 0.1) is 30.2 Å². The molecule has 1 aliphatic carbocycles. The number of carbonyl (C=O) groups is 1. The van der Waals surface area contributed by atoms with Crippen molar-refractivity contribution in [2.24, 2.45) is 4.99 Å². The van der Waals surface area contributed by atoms with E-state index in [2.05, 4.69) is 26.1 Å². The Labute approximate surface area is 234 Å². The molecule has 1 atom stereocenters. The molecule has 41 heavy (non-hydrogen) atoms. The number of alkyl halides is 2. The molecule has 6 rings (SSSR count). The molecule has 2 aromatic carbocycles. The van der Waals surface area contributed by atoms with Gasteiger partial charge in [-0.05, 0) is 6.07 Å². The van der Waals surface area contributed by atoms with Crippen molar-refractivity contribution >= 4 is 34.7 Å². The number of rotatable bonds is 7. The smallest absolute Gasteiger partial charge is 0.317 e. The quantitative estimate of drug-likeness (QED) is 0.254. The number of fused-ring (bicyclic) bond motifs is 1. The predicted octanol–water partition coefficient (Wildman–Crippen LogP) is 3.33. The van der Waals surface area contributed by atoms with Gasteiger partial charge >= 0.3 is 6.01 Å². The summed E-state index contributed by atoms with van der Waals surface area (Å²) in [5, 5.41) is 25.7. The molecular weight excluding hydrogens is 534 g/mol. The summed E-state index contributed by atoms with van der Waals surface area (Å²) in [7, 11) is 0. The third kappa shape index (κ3) is 5.80. The van der Waals surface area contributed by atoms with Gasteiger partial charge in [-0.15, -0.1) is 5.10 Å². The summed E-state index contributed by atoms with van der Waals surface area (Å²) in [6.45, 7) is 1.87. The van der Waals surface area contributed by atoms with E-state index < -0.39 is 24.0 Å². The van der Waals surface area contributed by atoms with E-state index in [1.165, 1.54) is 6.20 Å². The van der Waals surface area contributed by atoms with E-state index in [-0.39, 0.29) is 36.2 Å². The van der Waals surface area contributed by atoms with Gasteiger partial charge in [-0.1, -0.05) is 53.6 Å². The summed E-state index contributed by atoms with van der Waals surface area (Å²) in [5.74, 6) is -3.03. The summed E-state index contributed by atoms with van der Waals surface area (Å²) in [6, 6.07) is 16.4. The Balaban J connectivity index is 1.27. The standard InChI is InChI=1S/C28H28F2N8O3/c29-28(30)14-18(15-28)32-16-20(23(31)38-10-12-40-13-11-38)26-36-37-27(41-26)35-24-25(39)33-21-9-5-4-8-19(21)22(34-24)17-6-2-1-3-7-17/h1-9,16,18,24,31-32H,10-15H2,(H,33,39)(H,35,37)/b20-16+,31-23?/t24-/m1/s1. The summed E-state index contributed by atoms with van der Waals surface area (Å²) in [6.07, 6.45) is -0.221. The molecular formula is C28H28F2N8O3. The lowest BCUT2D eigenvalue weighted by Crippen LogP contribution is -2.47. The Hall–Kier alpha value is -4.65. The molecule has 1 saturated heterocycles. The molecule has 0 radical (unpaired) electrons. The van der Waals surface area contributed by atoms with Crippen LogP contribution in [0.25, 0.3) is 5.57 Å². The van der Waals surface area contributed by atoms with Crippen LogP contribution >= 0.6 is 0 Å². The molecule has 3 aromatic rings. The second-order valence-electron chi connectivity index (χ2n) is 9.97. The average molecular weight is 563 g/mol. The first-order valence-electron chi connectivity index (χ1n) is 13.3. The lowest BCUT2D eigenvalue weighted by molar-refractivity contribution is -0.116. The zero-order valence-electron chi connectivity index (χ0n) is 21.9. The number of nitrogens with one attached hydrogen (secondary N) is 4. The molecule has 4 N–H and O–H groups in total. The predicted molar refractivity (Wildman–Crippen MR) is 148 cm³/mol. The highest BCUT2D eigenvalue weighted by atomic mass is 19.3. The molecule has 1 saturated carbocycles. The average Bonchev–Trinajstić information content (AvgIpc) is 3.38. The number of morpholine rings is 1. The SMILES string of the molecule is N=C(/C(=C\NC1CC(F)(F)C1)c1nnc(N[C@H]2N=C(c3ccccc3)c3ccccc3NC2=O)o1)N1CCOCC1. The minimum absolute atomic E-state index is 0.00726. The normalized spacial score (nSPS) is 20.7. The van der Waals surface area contributed by atoms with E-state index in [0.29, 0.717) is 37.7 Å². The molecule has 3 aliphatic rings. The van der Waals surface area contributed by atoms with E-state index in [4.69, 9.17) is 19.6 Å². The minimum Gasteiger partial charge on any atom is -0.403 e. The van der Waals surface area contributed by atoms with Gasteiger partial charge in [0.25, 0.3) is 17.7 Å². The number of para-hydroxylation sites is 1. The number of amides is 1. The Morgan fingerprint density at radius 3 is 2.56 bits per heavy atom. The van der Waals surface area contributed by atoms with Crippen LogP contribution in [0, 0.1) is 5.41 Å². The number of aliphatic imine (C=N–C) groups is 1. The van der Waals surface area contributed by atoms with Gasteiger partial charge in [-0.3, -0.25) is 10.2 Å². The fourth-order valence-corrected chi connectivity index (χ4v) is 4.86. The van der Waals surface area contributed by atoms with Crippen LogP contribution in [0.3, 0.4) is 0 Å². The Morgan fingerprint density at radius 1 is 1.07 bits per heavy atom. The van der Waals surface area contributed by atoms with Gasteiger partial charge < -0.3 is 30.0 Å². The van der Waals surface area contributed by atoms with Crippen LogP contribution < -0.4 is 16.0 Å². The van der Waals surface area contributed by atoms with Crippen molar-refractivity contribution in [1.29, 1.82) is 5.41 Å². The second kappa shape index (κ2) is 11.1. The van der Waals surface area contributed by atoms with Crippen molar-refractivity contribution < 1.29 is 22.7 Å². The van der Waals surface area contributed by atoms with Crippen LogP contribution in [0.2, 0.25) is 0 Å². The van der Waals surface area contributed by atoms with Gasteiger partial charge in [0.2, 0.25) is 6.17 Å². The van der Waals surface area contributed by atoms with Gasteiger partial charge in [0.1, 0.15) is 5.84 Å². The number of carbonyl (C=O) groups excluding carboxylic acids is 1. The monoisotopic (exact) mass is 562 g/mol. The zero-order valence-corrected chi connectivity index (χ0v) is 21.9. The van der Waals surface area contributed by atoms with E-state index >= 15 is 0 Å². The zero-order chi connectivity index (χ0) is 28.4. The van der Waals surface area contributed by atoms with E-state index in [1.807, 2.05) is 48.5 Å². The number of benzodiazepines with no additional fused rings is 1. The van der Waals surface area contributed by atoms with Crippen LogP contribution in [0.5, 0.6) is 0 Å². The largest absolute Gasteiger partial charge is 0.403 e. The number of anilines is 2. The third-order valence-electron chi connectivity index (χ3n) is 7.05. The van der Waals surface area contributed by atoms with Gasteiger partial charge in [-0.25, -0.2) is 13.8 Å². The highest BCUT2D eigenvalue weighted by Gasteiger charge is 2.45. The number of ether oxygens (including phenoxy) is 1. The van der Waals surface area contributed by atoms with Crippen LogP contribution in [0.4, 0.5) is 20.5 Å². The summed E-state index contributed by atoms with van der Waals surface area (Å²) >= 11 is 0. The van der Waals surface area contributed by atoms with E-state index in [1.54, 1.807) is 11.0 Å². The molecule has 0 spiro atoms. The molecule has 0 bridgehead atoms. The number of hydrogen-bond acceptors (Lipinski definition) is 9. The molecule has 1 aromatic heterocycles. The maximum absolute atomic E-state index is 13.4. The molecule has 11 nitrogen and oxygen atoms in total. The fourth-order valence-electron chi connectivity index (χ4n) is 4.86. The number of nitrogens with zero attached hydrogens (tertiary/aromatic N) is 4. The summed E-state index contributed by atoms with van der Waals surface area (Å²) < 4.78 is 38.0. The molecule has 2 aliphatic heterocycles. The number of aromatic nitrogens is 2. The maximum atomic E-state index is 13.4. The van der Waals surface area contributed by atoms with Crippen LogP contribution in [0.15, 0.2) is 70.2 Å². The first kappa shape index (κ1) is 26.6. The highest BCUT2D eigenvalue weighted by Crippen LogP contribution is 2.37. The van der Waals surface area contributed by atoms with Crippen LogP contribution in [0.1, 0.15) is 29.9 Å². The fraction of sp³-hybridized carbons (Fsp3) is 0.321. The lowest BCUT2D eigenvalue weighted by atomic mass is 9.88. The number of halogens is 2. The first-order chi connectivity index (χ1) is 19.9. The first-order valence-corrected chi connectivity index (χ1v) is 13.3. The van der Waals surface area contributed by atoms with Crippen molar-refractivity contribution in [3.8, 4) is 0 Å². The maximum Gasteiger partial charge on any atom is 0.317 e. The van der Waals surface area contributed by atoms with Gasteiger partial charge in [0, 0.05) is 49.3 Å². The minimum atomic E-state index is -2.69.